The number of piperidine rings is 1. The number of ketones is 1. The van der Waals surface area contributed by atoms with E-state index in [0.29, 0.717) is 25.4 Å². The minimum Gasteiger partial charge on any atom is -0.378 e. The van der Waals surface area contributed by atoms with E-state index >= 15 is 0 Å². The smallest absolute Gasteiger partial charge is 0.168 e. The second kappa shape index (κ2) is 10.8. The van der Waals surface area contributed by atoms with Crippen LogP contribution >= 0.6 is 0 Å². The van der Waals surface area contributed by atoms with Crippen LogP contribution in [0.15, 0.2) is 12.4 Å². The Hall–Kier alpha value is -1.24. The number of ether oxygens (including phenoxy) is 2. The van der Waals surface area contributed by atoms with Crippen LogP contribution in [0.3, 0.4) is 0 Å². The zero-order valence-corrected chi connectivity index (χ0v) is 16.8. The van der Waals surface area contributed by atoms with Gasteiger partial charge in [0.05, 0.1) is 43.7 Å². The van der Waals surface area contributed by atoms with Crippen molar-refractivity contribution in [1.29, 1.82) is 0 Å². The van der Waals surface area contributed by atoms with Crippen molar-refractivity contribution in [3.63, 3.8) is 0 Å². The van der Waals surface area contributed by atoms with Crippen LogP contribution in [0.5, 0.6) is 0 Å². The molecule has 2 rings (SSSR count). The van der Waals surface area contributed by atoms with Crippen LogP contribution in [-0.2, 0) is 9.47 Å². The molecule has 0 amide bonds. The van der Waals surface area contributed by atoms with Crippen molar-refractivity contribution in [1.82, 2.24) is 14.7 Å². The maximum absolute atomic E-state index is 12.1. The highest BCUT2D eigenvalue weighted by atomic mass is 16.5. The van der Waals surface area contributed by atoms with E-state index in [0.717, 1.165) is 51.1 Å². The largest absolute Gasteiger partial charge is 0.378 e. The van der Waals surface area contributed by atoms with Crippen LogP contribution in [-0.4, -0.2) is 66.0 Å². The van der Waals surface area contributed by atoms with E-state index in [1.165, 1.54) is 0 Å². The first-order chi connectivity index (χ1) is 12.5. The minimum absolute atomic E-state index is 0.0186. The molecule has 1 saturated heterocycles. The molecule has 0 aliphatic carbocycles. The van der Waals surface area contributed by atoms with Crippen LogP contribution in [0.1, 0.15) is 63.4 Å². The molecule has 0 N–H and O–H groups in total. The van der Waals surface area contributed by atoms with E-state index in [9.17, 15) is 4.79 Å². The third-order valence-electron chi connectivity index (χ3n) is 5.10. The zero-order chi connectivity index (χ0) is 18.9. The molecule has 0 saturated carbocycles. The number of carbonyl (C=O) groups excluding carboxylic acids is 1. The summed E-state index contributed by atoms with van der Waals surface area (Å²) in [4.78, 5) is 14.5. The molecular formula is C20H35N3O3. The molecule has 0 spiro atoms. The summed E-state index contributed by atoms with van der Waals surface area (Å²) >= 11 is 0. The Morgan fingerprint density at radius 2 is 1.96 bits per heavy atom. The zero-order valence-electron chi connectivity index (χ0n) is 16.8. The molecule has 1 aromatic heterocycles. The Morgan fingerprint density at radius 3 is 2.62 bits per heavy atom. The summed E-state index contributed by atoms with van der Waals surface area (Å²) < 4.78 is 13.3. The molecule has 26 heavy (non-hydrogen) atoms. The summed E-state index contributed by atoms with van der Waals surface area (Å²) in [6.07, 6.45) is 7.12. The summed E-state index contributed by atoms with van der Waals surface area (Å²) in [5.74, 6) is 0.188. The summed E-state index contributed by atoms with van der Waals surface area (Å²) in [6, 6.07) is 0.393. The molecule has 0 bridgehead atoms. The van der Waals surface area contributed by atoms with Crippen molar-refractivity contribution in [2.24, 2.45) is 5.92 Å². The fraction of sp³-hybridized carbons (Fsp3) is 0.800. The van der Waals surface area contributed by atoms with E-state index in [2.05, 4.69) is 23.8 Å². The third-order valence-corrected chi connectivity index (χ3v) is 5.10. The van der Waals surface area contributed by atoms with Crippen molar-refractivity contribution in [3.8, 4) is 0 Å². The number of rotatable bonds is 11. The van der Waals surface area contributed by atoms with Crippen molar-refractivity contribution >= 4 is 5.78 Å². The first-order valence-corrected chi connectivity index (χ1v) is 10.0. The van der Waals surface area contributed by atoms with Crippen molar-refractivity contribution in [3.05, 3.63) is 18.0 Å². The van der Waals surface area contributed by atoms with Gasteiger partial charge in [0.25, 0.3) is 0 Å². The molecule has 1 unspecified atom stereocenters. The highest BCUT2D eigenvalue weighted by Gasteiger charge is 2.22. The monoisotopic (exact) mass is 365 g/mol. The lowest BCUT2D eigenvalue weighted by atomic mass is 10.0. The quantitative estimate of drug-likeness (QED) is 0.445. The van der Waals surface area contributed by atoms with Crippen LogP contribution in [0, 0.1) is 5.92 Å². The number of hydrogen-bond donors (Lipinski definition) is 0. The van der Waals surface area contributed by atoms with Gasteiger partial charge in [-0.2, -0.15) is 5.10 Å². The Morgan fingerprint density at radius 1 is 1.23 bits per heavy atom. The molecule has 1 fully saturated rings. The molecule has 1 aromatic rings. The second-order valence-corrected chi connectivity index (χ2v) is 7.50. The number of carbonyl (C=O) groups is 1. The molecule has 0 aromatic carbocycles. The summed E-state index contributed by atoms with van der Waals surface area (Å²) in [6.45, 7) is 13.2. The van der Waals surface area contributed by atoms with Gasteiger partial charge >= 0.3 is 0 Å². The van der Waals surface area contributed by atoms with Crippen molar-refractivity contribution in [2.75, 3.05) is 39.5 Å². The maximum Gasteiger partial charge on any atom is 0.168 e. The van der Waals surface area contributed by atoms with Crippen LogP contribution in [0.4, 0.5) is 0 Å². The molecule has 1 atom stereocenters. The molecular weight excluding hydrogens is 330 g/mol. The first kappa shape index (κ1) is 21.1. The number of hydrogen-bond acceptors (Lipinski definition) is 5. The Kier molecular flexibility index (Phi) is 8.75. The van der Waals surface area contributed by atoms with Gasteiger partial charge in [0, 0.05) is 31.7 Å². The highest BCUT2D eigenvalue weighted by molar-refractivity contribution is 5.96. The normalized spacial score (nSPS) is 17.7. The number of likely N-dealkylation sites (tertiary alicyclic amines) is 1. The van der Waals surface area contributed by atoms with Crippen LogP contribution < -0.4 is 0 Å². The fourth-order valence-electron chi connectivity index (χ4n) is 3.13. The number of Topliss-reactive ketones (excluding diaryl/α,β-unsaturated/α-hetero) is 1. The van der Waals surface area contributed by atoms with Gasteiger partial charge in [-0.15, -0.1) is 0 Å². The summed E-state index contributed by atoms with van der Waals surface area (Å²) in [5.41, 5.74) is 0.732. The molecule has 1 aliphatic rings. The van der Waals surface area contributed by atoms with E-state index in [1.807, 2.05) is 24.7 Å². The average Bonchev–Trinajstić information content (AvgIpc) is 3.14. The molecule has 1 aliphatic heterocycles. The Bertz CT molecular complexity index is 536. The first-order valence-electron chi connectivity index (χ1n) is 10.0. The van der Waals surface area contributed by atoms with Gasteiger partial charge in [0.1, 0.15) is 0 Å². The van der Waals surface area contributed by atoms with Gasteiger partial charge in [0.15, 0.2) is 5.78 Å². The van der Waals surface area contributed by atoms with Gasteiger partial charge in [0.2, 0.25) is 0 Å². The minimum atomic E-state index is 0.0186. The Labute approximate surface area is 157 Å². The Balaban J connectivity index is 1.62. The number of aromatic nitrogens is 2. The van der Waals surface area contributed by atoms with E-state index in [4.69, 9.17) is 9.47 Å². The standard InChI is InChI=1S/C20H35N3O3/c1-5-17(4)26-13-12-25-11-10-22-8-6-19(7-9-22)23-15-18(14-21-23)20(24)16(2)3/h14-17,19H,5-13H2,1-4H3. The molecule has 6 heteroatoms. The predicted molar refractivity (Wildman–Crippen MR) is 103 cm³/mol. The molecule has 0 radical (unpaired) electrons. The lowest BCUT2D eigenvalue weighted by molar-refractivity contribution is 0.00466. The second-order valence-electron chi connectivity index (χ2n) is 7.50. The van der Waals surface area contributed by atoms with E-state index < -0.39 is 0 Å². The SMILES string of the molecule is CCC(C)OCCOCCN1CCC(n2cc(C(=O)C(C)C)cn2)CC1. The third kappa shape index (κ3) is 6.49. The molecule has 2 heterocycles. The van der Waals surface area contributed by atoms with Gasteiger partial charge in [-0.3, -0.25) is 9.48 Å². The summed E-state index contributed by atoms with van der Waals surface area (Å²) in [7, 11) is 0. The topological polar surface area (TPSA) is 56.6 Å². The van der Waals surface area contributed by atoms with E-state index in [1.54, 1.807) is 6.20 Å². The van der Waals surface area contributed by atoms with Gasteiger partial charge in [-0.1, -0.05) is 20.8 Å². The van der Waals surface area contributed by atoms with Crippen molar-refractivity contribution in [2.45, 2.75) is 59.1 Å². The predicted octanol–water partition coefficient (Wildman–Crippen LogP) is 3.19. The lowest BCUT2D eigenvalue weighted by Gasteiger charge is -2.31. The maximum atomic E-state index is 12.1. The van der Waals surface area contributed by atoms with Gasteiger partial charge in [-0.25, -0.2) is 0 Å². The molecule has 148 valence electrons. The van der Waals surface area contributed by atoms with Crippen LogP contribution in [0.2, 0.25) is 0 Å². The summed E-state index contributed by atoms with van der Waals surface area (Å²) in [5, 5.41) is 4.42. The van der Waals surface area contributed by atoms with Crippen LogP contribution in [0.25, 0.3) is 0 Å². The van der Waals surface area contributed by atoms with Gasteiger partial charge in [-0.05, 0) is 26.2 Å². The average molecular weight is 366 g/mol. The van der Waals surface area contributed by atoms with Gasteiger partial charge < -0.3 is 14.4 Å². The fourth-order valence-corrected chi connectivity index (χ4v) is 3.13. The van der Waals surface area contributed by atoms with Crippen molar-refractivity contribution < 1.29 is 14.3 Å². The highest BCUT2D eigenvalue weighted by Crippen LogP contribution is 2.22. The van der Waals surface area contributed by atoms with E-state index in [-0.39, 0.29) is 11.7 Å². The number of nitrogens with zero attached hydrogens (tertiary/aromatic N) is 3. The lowest BCUT2D eigenvalue weighted by Crippen LogP contribution is -2.37. The molecule has 6 nitrogen and oxygen atoms in total.